The van der Waals surface area contributed by atoms with Crippen LogP contribution in [0.2, 0.25) is 0 Å². The third-order valence-electron chi connectivity index (χ3n) is 6.43. The fourth-order valence-corrected chi connectivity index (χ4v) is 4.12. The number of amides is 2. The number of carbonyl (C=O) groups excluding carboxylic acids is 2. The number of nitrogens with zero attached hydrogens (tertiary/aromatic N) is 5. The minimum absolute atomic E-state index is 0.0906. The van der Waals surface area contributed by atoms with Crippen LogP contribution in [0.15, 0.2) is 39.9 Å². The Morgan fingerprint density at radius 1 is 0.971 bits per heavy atom. The smallest absolute Gasteiger partial charge is 0.332 e. The van der Waals surface area contributed by atoms with E-state index < -0.39 is 11.2 Å². The molecule has 1 aliphatic rings. The number of benzene rings is 1. The molecule has 0 aliphatic carbocycles. The highest BCUT2D eigenvalue weighted by molar-refractivity contribution is 5.95. The first-order valence-corrected chi connectivity index (χ1v) is 11.1. The number of anilines is 1. The summed E-state index contributed by atoms with van der Waals surface area (Å²) in [5.74, 6) is -0.360. The molecule has 2 amide bonds. The molecule has 0 bridgehead atoms. The van der Waals surface area contributed by atoms with Gasteiger partial charge in [0.05, 0.1) is 11.9 Å². The second kappa shape index (κ2) is 9.22. The van der Waals surface area contributed by atoms with E-state index in [1.807, 2.05) is 36.9 Å². The lowest BCUT2D eigenvalue weighted by molar-refractivity contribution is -0.117. The van der Waals surface area contributed by atoms with E-state index in [1.54, 1.807) is 4.90 Å². The van der Waals surface area contributed by atoms with Crippen LogP contribution in [0.5, 0.6) is 0 Å². The van der Waals surface area contributed by atoms with Crippen LogP contribution in [-0.4, -0.2) is 68.5 Å². The number of hydrogen-bond donors (Lipinski definition) is 1. The molecule has 0 atom stereocenters. The zero-order chi connectivity index (χ0) is 24.6. The lowest BCUT2D eigenvalue weighted by Crippen LogP contribution is -2.50. The van der Waals surface area contributed by atoms with Crippen molar-refractivity contribution in [2.45, 2.75) is 13.8 Å². The number of nitrogens with one attached hydrogen (secondary N) is 1. The van der Waals surface area contributed by atoms with Crippen molar-refractivity contribution >= 4 is 28.5 Å². The zero-order valence-electron chi connectivity index (χ0n) is 19.8. The number of hydrogen-bond acceptors (Lipinski definition) is 6. The van der Waals surface area contributed by atoms with E-state index in [4.69, 9.17) is 0 Å². The Kier molecular flexibility index (Phi) is 6.34. The molecule has 3 heterocycles. The Balaban J connectivity index is 1.40. The van der Waals surface area contributed by atoms with Gasteiger partial charge in [0.25, 0.3) is 11.5 Å². The fourth-order valence-electron chi connectivity index (χ4n) is 4.12. The number of aromatic nitrogens is 3. The van der Waals surface area contributed by atoms with E-state index in [9.17, 15) is 19.2 Å². The number of piperazine rings is 1. The summed E-state index contributed by atoms with van der Waals surface area (Å²) in [5.41, 5.74) is 2.39. The number of aryl methyl sites for hydroxylation is 2. The summed E-state index contributed by atoms with van der Waals surface area (Å²) in [6, 6.07) is 8.86. The fraction of sp³-hybridized carbons (Fsp3) is 0.375. The maximum absolute atomic E-state index is 13.0. The average Bonchev–Trinajstić information content (AvgIpc) is 2.84. The number of fused-ring (bicyclic) bond motifs is 1. The van der Waals surface area contributed by atoms with Crippen LogP contribution in [0.1, 0.15) is 21.6 Å². The normalized spacial score (nSPS) is 14.4. The summed E-state index contributed by atoms with van der Waals surface area (Å²) >= 11 is 0. The van der Waals surface area contributed by atoms with Gasteiger partial charge in [0, 0.05) is 46.0 Å². The van der Waals surface area contributed by atoms with Crippen LogP contribution in [0.4, 0.5) is 5.69 Å². The van der Waals surface area contributed by atoms with Gasteiger partial charge >= 0.3 is 5.69 Å². The standard InChI is InChI=1S/C24H28N6O4/c1-15-6-5-7-18(16(15)2)25-20(31)14-29-10-12-30(13-11-29)23(33)19-9-8-17-21(26-19)27(3)24(34)28(4)22(17)32/h5-9H,10-14H2,1-4H3,(H,25,31). The highest BCUT2D eigenvalue weighted by Crippen LogP contribution is 2.18. The van der Waals surface area contributed by atoms with Crippen LogP contribution >= 0.6 is 0 Å². The quantitative estimate of drug-likeness (QED) is 0.607. The maximum atomic E-state index is 13.0. The van der Waals surface area contributed by atoms with Gasteiger partial charge < -0.3 is 10.2 Å². The van der Waals surface area contributed by atoms with Crippen molar-refractivity contribution in [3.05, 3.63) is 68.0 Å². The topological polar surface area (TPSA) is 110 Å². The molecule has 1 aliphatic heterocycles. The molecule has 0 unspecified atom stereocenters. The van der Waals surface area contributed by atoms with Crippen molar-refractivity contribution in [1.29, 1.82) is 0 Å². The zero-order valence-corrected chi connectivity index (χ0v) is 19.8. The predicted molar refractivity (Wildman–Crippen MR) is 129 cm³/mol. The first-order chi connectivity index (χ1) is 16.2. The second-order valence-corrected chi connectivity index (χ2v) is 8.64. The van der Waals surface area contributed by atoms with E-state index in [2.05, 4.69) is 10.3 Å². The van der Waals surface area contributed by atoms with Crippen LogP contribution in [0, 0.1) is 13.8 Å². The molecular weight excluding hydrogens is 436 g/mol. The molecule has 0 spiro atoms. The van der Waals surface area contributed by atoms with Crippen LogP contribution in [0.3, 0.4) is 0 Å². The van der Waals surface area contributed by atoms with Crippen molar-refractivity contribution in [3.63, 3.8) is 0 Å². The number of carbonyl (C=O) groups is 2. The maximum Gasteiger partial charge on any atom is 0.332 e. The van der Waals surface area contributed by atoms with Gasteiger partial charge in [0.2, 0.25) is 5.91 Å². The molecule has 1 aromatic carbocycles. The summed E-state index contributed by atoms with van der Waals surface area (Å²) in [7, 11) is 2.93. The van der Waals surface area contributed by atoms with Crippen LogP contribution in [-0.2, 0) is 18.9 Å². The third-order valence-corrected chi connectivity index (χ3v) is 6.43. The van der Waals surface area contributed by atoms with Crippen LogP contribution in [0.25, 0.3) is 11.0 Å². The largest absolute Gasteiger partial charge is 0.335 e. The average molecular weight is 465 g/mol. The molecule has 1 saturated heterocycles. The van der Waals surface area contributed by atoms with E-state index >= 15 is 0 Å². The van der Waals surface area contributed by atoms with Gasteiger partial charge in [-0.05, 0) is 43.2 Å². The molecule has 2 aromatic heterocycles. The monoisotopic (exact) mass is 464 g/mol. The van der Waals surface area contributed by atoms with Gasteiger partial charge in [-0.2, -0.15) is 0 Å². The van der Waals surface area contributed by atoms with E-state index in [1.165, 1.54) is 30.8 Å². The Labute approximate surface area is 196 Å². The third kappa shape index (κ3) is 4.36. The minimum Gasteiger partial charge on any atom is -0.335 e. The molecule has 10 heteroatoms. The molecule has 10 nitrogen and oxygen atoms in total. The predicted octanol–water partition coefficient (Wildman–Crippen LogP) is 0.646. The first kappa shape index (κ1) is 23.4. The summed E-state index contributed by atoms with van der Waals surface area (Å²) < 4.78 is 2.28. The van der Waals surface area contributed by atoms with Gasteiger partial charge in [0.1, 0.15) is 11.3 Å². The Hall–Kier alpha value is -3.79. The lowest BCUT2D eigenvalue weighted by Gasteiger charge is -2.34. The molecule has 0 saturated carbocycles. The Morgan fingerprint density at radius 3 is 2.38 bits per heavy atom. The molecule has 1 N–H and O–H groups in total. The first-order valence-electron chi connectivity index (χ1n) is 11.1. The lowest BCUT2D eigenvalue weighted by atomic mass is 10.1. The van der Waals surface area contributed by atoms with Gasteiger partial charge in [0.15, 0.2) is 0 Å². The van der Waals surface area contributed by atoms with Gasteiger partial charge in [-0.25, -0.2) is 9.78 Å². The second-order valence-electron chi connectivity index (χ2n) is 8.64. The molecular formula is C24H28N6O4. The summed E-state index contributed by atoms with van der Waals surface area (Å²) in [6.45, 7) is 6.23. The summed E-state index contributed by atoms with van der Waals surface area (Å²) in [5, 5.41) is 3.25. The van der Waals surface area contributed by atoms with Gasteiger partial charge in [-0.15, -0.1) is 0 Å². The molecule has 3 aromatic rings. The molecule has 178 valence electrons. The highest BCUT2D eigenvalue weighted by atomic mass is 16.2. The Morgan fingerprint density at radius 2 is 1.68 bits per heavy atom. The minimum atomic E-state index is -0.498. The van der Waals surface area contributed by atoms with Crippen molar-refractivity contribution in [2.75, 3.05) is 38.0 Å². The molecule has 0 radical (unpaired) electrons. The molecule has 34 heavy (non-hydrogen) atoms. The SMILES string of the molecule is Cc1cccc(NC(=O)CN2CCN(C(=O)c3ccc4c(=O)n(C)c(=O)n(C)c4n3)CC2)c1C. The van der Waals surface area contributed by atoms with E-state index in [0.29, 0.717) is 26.2 Å². The van der Waals surface area contributed by atoms with Gasteiger partial charge in [-0.3, -0.25) is 28.4 Å². The number of rotatable bonds is 4. The van der Waals surface area contributed by atoms with Gasteiger partial charge in [-0.1, -0.05) is 12.1 Å². The van der Waals surface area contributed by atoms with Crippen molar-refractivity contribution in [2.24, 2.45) is 14.1 Å². The van der Waals surface area contributed by atoms with Crippen molar-refractivity contribution < 1.29 is 9.59 Å². The number of pyridine rings is 1. The van der Waals surface area contributed by atoms with Crippen LogP contribution < -0.4 is 16.6 Å². The van der Waals surface area contributed by atoms with E-state index in [-0.39, 0.29) is 35.1 Å². The van der Waals surface area contributed by atoms with E-state index in [0.717, 1.165) is 21.4 Å². The summed E-state index contributed by atoms with van der Waals surface area (Å²) in [4.78, 5) is 58.1. The Bertz CT molecular complexity index is 1400. The molecule has 4 rings (SSSR count). The molecule has 1 fully saturated rings. The summed E-state index contributed by atoms with van der Waals surface area (Å²) in [6.07, 6.45) is 0. The highest BCUT2D eigenvalue weighted by Gasteiger charge is 2.25. The van der Waals surface area contributed by atoms with Crippen molar-refractivity contribution in [3.8, 4) is 0 Å². The van der Waals surface area contributed by atoms with Crippen molar-refractivity contribution in [1.82, 2.24) is 23.9 Å².